The summed E-state index contributed by atoms with van der Waals surface area (Å²) in [5.41, 5.74) is 5.34. The van der Waals surface area contributed by atoms with Crippen molar-refractivity contribution in [1.82, 2.24) is 0 Å². The Hall–Kier alpha value is -1.18. The Labute approximate surface area is 283 Å². The van der Waals surface area contributed by atoms with E-state index in [2.05, 4.69) is 26.0 Å². The van der Waals surface area contributed by atoms with Gasteiger partial charge in [0.05, 0.1) is 19.5 Å². The van der Waals surface area contributed by atoms with Gasteiger partial charge in [-0.15, -0.1) is 0 Å². The third kappa shape index (κ3) is 34.2. The van der Waals surface area contributed by atoms with E-state index in [0.717, 1.165) is 44.9 Å². The molecule has 0 heterocycles. The predicted octanol–water partition coefficient (Wildman–Crippen LogP) is 10.9. The highest BCUT2D eigenvalue weighted by molar-refractivity contribution is 7.47. The molecule has 0 aliphatic carbocycles. The fourth-order valence-electron chi connectivity index (χ4n) is 5.09. The summed E-state index contributed by atoms with van der Waals surface area (Å²) in [5, 5.41) is 0. The van der Waals surface area contributed by atoms with Crippen molar-refractivity contribution >= 4 is 13.8 Å². The lowest BCUT2D eigenvalue weighted by molar-refractivity contribution is -0.147. The molecular weight excluding hydrogens is 601 g/mol. The summed E-state index contributed by atoms with van der Waals surface area (Å²) in [6, 6.07) is 0. The maximum atomic E-state index is 12.3. The van der Waals surface area contributed by atoms with Gasteiger partial charge < -0.3 is 20.1 Å². The quantitative estimate of drug-likeness (QED) is 0.0222. The fourth-order valence-corrected chi connectivity index (χ4v) is 5.86. The highest BCUT2D eigenvalue weighted by Gasteiger charge is 2.24. The van der Waals surface area contributed by atoms with Crippen molar-refractivity contribution in [2.45, 2.75) is 180 Å². The van der Waals surface area contributed by atoms with Gasteiger partial charge in [0, 0.05) is 13.0 Å². The second-order valence-electron chi connectivity index (χ2n) is 12.5. The number of carbonyl (C=O) groups is 1. The molecule has 0 saturated heterocycles. The Kier molecular flexibility index (Phi) is 34.2. The lowest BCUT2D eigenvalue weighted by atomic mass is 10.1. The van der Waals surface area contributed by atoms with Crippen LogP contribution in [0.4, 0.5) is 0 Å². The monoisotopic (exact) mass is 674 g/mol. The van der Waals surface area contributed by atoms with Crippen LogP contribution in [0.3, 0.4) is 0 Å². The molecule has 0 fully saturated rings. The van der Waals surface area contributed by atoms with E-state index in [0.29, 0.717) is 6.42 Å². The van der Waals surface area contributed by atoms with Crippen LogP contribution < -0.4 is 5.73 Å². The highest BCUT2D eigenvalue weighted by Crippen LogP contribution is 2.43. The first-order valence-corrected chi connectivity index (χ1v) is 20.4. The molecule has 0 aromatic rings. The van der Waals surface area contributed by atoms with Crippen molar-refractivity contribution in [2.75, 3.05) is 26.4 Å². The van der Waals surface area contributed by atoms with E-state index in [1.807, 2.05) is 6.08 Å². The number of esters is 1. The minimum atomic E-state index is -4.26. The van der Waals surface area contributed by atoms with Crippen LogP contribution in [-0.2, 0) is 27.9 Å². The number of ether oxygens (including phenoxy) is 2. The normalized spacial score (nSPS) is 13.8. The van der Waals surface area contributed by atoms with Gasteiger partial charge >= 0.3 is 13.8 Å². The third-order valence-electron chi connectivity index (χ3n) is 7.96. The van der Waals surface area contributed by atoms with Gasteiger partial charge in [-0.05, 0) is 51.0 Å². The van der Waals surface area contributed by atoms with Crippen LogP contribution in [0.15, 0.2) is 24.5 Å². The van der Waals surface area contributed by atoms with Gasteiger partial charge in [0.1, 0.15) is 6.61 Å². The molecule has 0 spiro atoms. The van der Waals surface area contributed by atoms with E-state index in [9.17, 15) is 14.3 Å². The van der Waals surface area contributed by atoms with Gasteiger partial charge in [0.2, 0.25) is 0 Å². The number of phosphoric acid groups is 1. The highest BCUT2D eigenvalue weighted by atomic mass is 31.2. The Balaban J connectivity index is 4.16. The molecule has 0 aromatic heterocycles. The molecule has 0 aliphatic heterocycles. The lowest BCUT2D eigenvalue weighted by Crippen LogP contribution is -2.25. The first-order chi connectivity index (χ1) is 22.4. The van der Waals surface area contributed by atoms with Gasteiger partial charge in [-0.1, -0.05) is 135 Å². The van der Waals surface area contributed by atoms with Gasteiger partial charge in [0.15, 0.2) is 6.10 Å². The van der Waals surface area contributed by atoms with E-state index in [4.69, 9.17) is 24.3 Å². The number of phosphoric ester groups is 1. The Morgan fingerprint density at radius 1 is 0.652 bits per heavy atom. The molecule has 0 saturated carbocycles. The maximum Gasteiger partial charge on any atom is 0.472 e. The van der Waals surface area contributed by atoms with E-state index in [1.165, 1.54) is 109 Å². The van der Waals surface area contributed by atoms with Crippen molar-refractivity contribution < 1.29 is 32.8 Å². The molecule has 0 rings (SSSR count). The molecule has 3 N–H and O–H groups in total. The molecular formula is C37H72NO7P. The molecule has 272 valence electrons. The van der Waals surface area contributed by atoms with Crippen LogP contribution >= 0.6 is 7.82 Å². The largest absolute Gasteiger partial charge is 0.492 e. The van der Waals surface area contributed by atoms with Crippen LogP contribution in [0.2, 0.25) is 0 Å². The summed E-state index contributed by atoms with van der Waals surface area (Å²) in [6.45, 7) is 4.19. The second kappa shape index (κ2) is 35.1. The maximum absolute atomic E-state index is 12.3. The zero-order valence-corrected chi connectivity index (χ0v) is 30.7. The molecule has 0 aromatic carbocycles. The molecule has 2 atom stereocenters. The summed E-state index contributed by atoms with van der Waals surface area (Å²) in [5.74, 6) is -0.294. The molecule has 0 radical (unpaired) electrons. The average Bonchev–Trinajstić information content (AvgIpc) is 3.05. The van der Waals surface area contributed by atoms with Crippen molar-refractivity contribution in [3.63, 3.8) is 0 Å². The van der Waals surface area contributed by atoms with E-state index >= 15 is 0 Å². The van der Waals surface area contributed by atoms with E-state index in [1.54, 1.807) is 6.26 Å². The molecule has 0 aliphatic rings. The Morgan fingerprint density at radius 3 is 1.61 bits per heavy atom. The molecule has 0 amide bonds. The molecule has 9 heteroatoms. The van der Waals surface area contributed by atoms with Crippen LogP contribution in [0.5, 0.6) is 0 Å². The van der Waals surface area contributed by atoms with Crippen molar-refractivity contribution in [2.24, 2.45) is 5.73 Å². The van der Waals surface area contributed by atoms with Gasteiger partial charge in [-0.3, -0.25) is 13.8 Å². The van der Waals surface area contributed by atoms with Crippen LogP contribution in [0, 0.1) is 0 Å². The van der Waals surface area contributed by atoms with Gasteiger partial charge in [-0.25, -0.2) is 4.57 Å². The lowest BCUT2D eigenvalue weighted by Gasteiger charge is -2.19. The summed E-state index contributed by atoms with van der Waals surface area (Å²) < 4.78 is 33.0. The smallest absolute Gasteiger partial charge is 0.472 e. The first-order valence-electron chi connectivity index (χ1n) is 18.9. The Morgan fingerprint density at radius 2 is 1.11 bits per heavy atom. The van der Waals surface area contributed by atoms with E-state index < -0.39 is 13.9 Å². The van der Waals surface area contributed by atoms with Crippen LogP contribution in [-0.4, -0.2) is 43.3 Å². The minimum Gasteiger partial charge on any atom is -0.492 e. The Bertz CT molecular complexity index is 762. The third-order valence-corrected chi connectivity index (χ3v) is 8.94. The number of hydrogen-bond acceptors (Lipinski definition) is 7. The standard InChI is InChI=1S/C37H72NO7P/c1-3-5-7-9-11-13-15-16-17-18-19-21-23-25-27-29-32-42-36(35-45-46(40,41)44-33-31-38)34-43-37(39)30-28-26-24-22-20-14-12-10-8-6-4-2/h16-17,29,32,36H,3-15,18-28,30-31,33-35,38H2,1-2H3,(H,40,41). The first kappa shape index (κ1) is 44.8. The number of rotatable bonds is 36. The zero-order chi connectivity index (χ0) is 33.8. The predicted molar refractivity (Wildman–Crippen MR) is 192 cm³/mol. The van der Waals surface area contributed by atoms with Crippen LogP contribution in [0.1, 0.15) is 174 Å². The minimum absolute atomic E-state index is 0.0650. The zero-order valence-electron chi connectivity index (χ0n) is 29.8. The summed E-state index contributed by atoms with van der Waals surface area (Å²) in [4.78, 5) is 22.1. The molecule has 8 nitrogen and oxygen atoms in total. The summed E-state index contributed by atoms with van der Waals surface area (Å²) in [7, 11) is -4.26. The van der Waals surface area contributed by atoms with Crippen LogP contribution in [0.25, 0.3) is 0 Å². The van der Waals surface area contributed by atoms with Crippen molar-refractivity contribution in [3.05, 3.63) is 24.5 Å². The average molecular weight is 674 g/mol. The fraction of sp³-hybridized carbons (Fsp3) is 0.865. The van der Waals surface area contributed by atoms with Crippen molar-refractivity contribution in [3.8, 4) is 0 Å². The summed E-state index contributed by atoms with van der Waals surface area (Å²) >= 11 is 0. The number of carbonyl (C=O) groups excluding carboxylic acids is 1. The second-order valence-corrected chi connectivity index (χ2v) is 14.0. The molecule has 46 heavy (non-hydrogen) atoms. The number of allylic oxidation sites excluding steroid dienone is 3. The van der Waals surface area contributed by atoms with Crippen molar-refractivity contribution in [1.29, 1.82) is 0 Å². The molecule has 0 bridgehead atoms. The number of unbranched alkanes of at least 4 members (excludes halogenated alkanes) is 21. The molecule has 2 unspecified atom stereocenters. The topological polar surface area (TPSA) is 117 Å². The number of nitrogens with two attached hydrogens (primary N) is 1. The summed E-state index contributed by atoms with van der Waals surface area (Å²) in [6.07, 6.45) is 37.2. The van der Waals surface area contributed by atoms with Gasteiger partial charge in [-0.2, -0.15) is 0 Å². The van der Waals surface area contributed by atoms with Gasteiger partial charge in [0.25, 0.3) is 0 Å². The van der Waals surface area contributed by atoms with E-state index in [-0.39, 0.29) is 32.3 Å². The number of hydrogen-bond donors (Lipinski definition) is 2. The SMILES string of the molecule is CCCCCCCCC=CCCCCCCC=COC(COC(=O)CCCCCCCCCCCCC)COP(=O)(O)OCCN.